The Morgan fingerprint density at radius 3 is 2.59 bits per heavy atom. The van der Waals surface area contributed by atoms with Gasteiger partial charge in [0.15, 0.2) is 5.76 Å². The lowest BCUT2D eigenvalue weighted by Crippen LogP contribution is -2.31. The second kappa shape index (κ2) is 8.55. The van der Waals surface area contributed by atoms with E-state index in [1.165, 1.54) is 0 Å². The number of fused-ring (bicyclic) bond motifs is 1. The minimum Gasteiger partial charge on any atom is -0.392 e. The molecule has 1 saturated heterocycles. The summed E-state index contributed by atoms with van der Waals surface area (Å²) >= 11 is 0. The highest BCUT2D eigenvalue weighted by Gasteiger charge is 2.54. The Labute approximate surface area is 187 Å². The molecule has 1 aromatic carbocycles. The molecule has 3 heterocycles. The van der Waals surface area contributed by atoms with Crippen LogP contribution in [0.4, 0.5) is 0 Å². The average Bonchev–Trinajstić information content (AvgIpc) is 3.24. The summed E-state index contributed by atoms with van der Waals surface area (Å²) in [7, 11) is 0. The van der Waals surface area contributed by atoms with Gasteiger partial charge in [0.2, 0.25) is 0 Å². The maximum atomic E-state index is 9.80. The average molecular weight is 433 g/mol. The lowest BCUT2D eigenvalue weighted by Gasteiger charge is -2.19. The molecule has 3 unspecified atom stereocenters. The molecule has 7 nitrogen and oxygen atoms in total. The number of aliphatic hydroxyl groups is 2. The smallest absolute Gasteiger partial charge is 0.157 e. The largest absolute Gasteiger partial charge is 0.392 e. The number of benzene rings is 1. The number of aromatic nitrogens is 3. The Bertz CT molecular complexity index is 1120. The van der Waals surface area contributed by atoms with E-state index in [-0.39, 0.29) is 6.10 Å². The van der Waals surface area contributed by atoms with Gasteiger partial charge < -0.3 is 24.2 Å². The molecule has 0 amide bonds. The zero-order valence-electron chi connectivity index (χ0n) is 18.3. The van der Waals surface area contributed by atoms with Crippen molar-refractivity contribution in [3.8, 4) is 23.1 Å². The quantitative estimate of drug-likeness (QED) is 0.582. The number of hydrogen-bond acceptors (Lipinski definition) is 6. The molecule has 7 heteroatoms. The highest BCUT2D eigenvalue weighted by molar-refractivity contribution is 5.60. The summed E-state index contributed by atoms with van der Waals surface area (Å²) in [5.74, 6) is 9.90. The fourth-order valence-corrected chi connectivity index (χ4v) is 4.76. The van der Waals surface area contributed by atoms with Gasteiger partial charge in [-0.05, 0) is 37.8 Å². The van der Waals surface area contributed by atoms with Gasteiger partial charge in [0.25, 0.3) is 0 Å². The maximum absolute atomic E-state index is 9.80. The van der Waals surface area contributed by atoms with Crippen LogP contribution in [0.1, 0.15) is 37.1 Å². The van der Waals surface area contributed by atoms with Gasteiger partial charge in [-0.3, -0.25) is 0 Å². The topological polar surface area (TPSA) is 87.5 Å². The normalized spacial score (nSPS) is 23.9. The minimum atomic E-state index is -0.639. The van der Waals surface area contributed by atoms with E-state index >= 15 is 0 Å². The van der Waals surface area contributed by atoms with Gasteiger partial charge in [-0.1, -0.05) is 29.1 Å². The summed E-state index contributed by atoms with van der Waals surface area (Å²) in [4.78, 5) is 6.52. The minimum absolute atomic E-state index is 0.260. The number of β-amino-alcohol motifs (C(OH)–C–C–N with tert-alkyl or cyclic N) is 1. The fraction of sp³-hybridized carbons (Fsp3) is 0.440. The van der Waals surface area contributed by atoms with Crippen molar-refractivity contribution in [2.24, 2.45) is 17.8 Å². The van der Waals surface area contributed by atoms with E-state index < -0.39 is 6.10 Å². The van der Waals surface area contributed by atoms with E-state index in [1.807, 2.05) is 48.0 Å². The molecule has 32 heavy (non-hydrogen) atoms. The molecule has 0 bridgehead atoms. The first-order valence-electron chi connectivity index (χ1n) is 11.1. The van der Waals surface area contributed by atoms with Gasteiger partial charge >= 0.3 is 0 Å². The van der Waals surface area contributed by atoms with Crippen molar-refractivity contribution in [3.63, 3.8) is 0 Å². The van der Waals surface area contributed by atoms with Gasteiger partial charge in [-0.2, -0.15) is 0 Å². The molecule has 1 aliphatic heterocycles. The van der Waals surface area contributed by atoms with Crippen molar-refractivity contribution >= 4 is 0 Å². The standard InChI is InChI=1S/C25H28N4O3/c1-16(30)12-28-14-22-21(23(22)15-28)8-5-18-3-6-19(7-4-18)24-11-20(32-27-24)13-29-10-9-26-25(29)17(2)31/h3-4,6-7,9-11,16-17,21-23,30-31H,12-15H2,1-2H3/t16?,17-,21?,22?,23?/m0/s1. The van der Waals surface area contributed by atoms with Crippen LogP contribution in [-0.2, 0) is 6.54 Å². The van der Waals surface area contributed by atoms with E-state index in [0.717, 1.165) is 36.5 Å². The van der Waals surface area contributed by atoms with Crippen LogP contribution in [0.15, 0.2) is 47.2 Å². The number of rotatable bonds is 6. The Morgan fingerprint density at radius 1 is 1.16 bits per heavy atom. The highest BCUT2D eigenvalue weighted by Crippen LogP contribution is 2.51. The Kier molecular flexibility index (Phi) is 5.60. The van der Waals surface area contributed by atoms with Gasteiger partial charge in [0, 0.05) is 55.1 Å². The van der Waals surface area contributed by atoms with Crippen molar-refractivity contribution in [3.05, 3.63) is 59.9 Å². The molecule has 2 aliphatic rings. The van der Waals surface area contributed by atoms with Crippen LogP contribution < -0.4 is 0 Å². The van der Waals surface area contributed by atoms with Crippen molar-refractivity contribution in [1.29, 1.82) is 0 Å². The van der Waals surface area contributed by atoms with E-state index in [9.17, 15) is 10.2 Å². The van der Waals surface area contributed by atoms with E-state index in [2.05, 4.69) is 26.9 Å². The molecule has 4 atom stereocenters. The molecule has 3 aromatic rings. The third-order valence-corrected chi connectivity index (χ3v) is 6.36. The highest BCUT2D eigenvalue weighted by atomic mass is 16.5. The number of piperidine rings is 1. The van der Waals surface area contributed by atoms with E-state index in [0.29, 0.717) is 35.9 Å². The molecule has 0 spiro atoms. The Balaban J connectivity index is 1.19. The van der Waals surface area contributed by atoms with Crippen LogP contribution in [0.3, 0.4) is 0 Å². The summed E-state index contributed by atoms with van der Waals surface area (Å²) in [6, 6.07) is 9.99. The van der Waals surface area contributed by atoms with Gasteiger partial charge in [-0.25, -0.2) is 4.98 Å². The lowest BCUT2D eigenvalue weighted by molar-refractivity contribution is 0.132. The van der Waals surface area contributed by atoms with Gasteiger partial charge in [-0.15, -0.1) is 0 Å². The number of likely N-dealkylation sites (tertiary alicyclic amines) is 1. The summed E-state index contributed by atoms with van der Waals surface area (Å²) in [6.07, 6.45) is 2.58. The van der Waals surface area contributed by atoms with Crippen LogP contribution in [0.5, 0.6) is 0 Å². The first kappa shape index (κ1) is 21.0. The molecule has 2 N–H and O–H groups in total. The molecule has 2 aromatic heterocycles. The molecular formula is C25H28N4O3. The molecule has 2 fully saturated rings. The van der Waals surface area contributed by atoms with Crippen LogP contribution in [0, 0.1) is 29.6 Å². The maximum Gasteiger partial charge on any atom is 0.157 e. The molecule has 166 valence electrons. The number of aliphatic hydroxyl groups excluding tert-OH is 2. The van der Waals surface area contributed by atoms with Crippen molar-refractivity contribution in [2.75, 3.05) is 19.6 Å². The third kappa shape index (κ3) is 4.35. The molecular weight excluding hydrogens is 404 g/mol. The second-order valence-corrected chi connectivity index (χ2v) is 9.04. The van der Waals surface area contributed by atoms with Crippen LogP contribution in [-0.4, -0.2) is 55.6 Å². The molecule has 5 rings (SSSR count). The summed E-state index contributed by atoms with van der Waals surface area (Å²) in [5.41, 5.74) is 2.75. The number of imidazole rings is 1. The van der Waals surface area contributed by atoms with Crippen LogP contribution >= 0.6 is 0 Å². The van der Waals surface area contributed by atoms with Gasteiger partial charge in [0.05, 0.1) is 12.6 Å². The van der Waals surface area contributed by atoms with Crippen LogP contribution in [0.2, 0.25) is 0 Å². The number of hydrogen-bond donors (Lipinski definition) is 2. The lowest BCUT2D eigenvalue weighted by atomic mass is 10.1. The predicted octanol–water partition coefficient (Wildman–Crippen LogP) is 2.55. The summed E-state index contributed by atoms with van der Waals surface area (Å²) in [5, 5.41) is 23.5. The first-order valence-corrected chi connectivity index (χ1v) is 11.1. The SMILES string of the molecule is CC(O)CN1CC2C(C#Cc3ccc(-c4cc(Cn5ccnc5[C@H](C)O)on4)cc3)C2C1. The zero-order valence-corrected chi connectivity index (χ0v) is 18.3. The zero-order chi connectivity index (χ0) is 22.2. The van der Waals surface area contributed by atoms with Gasteiger partial charge in [0.1, 0.15) is 17.6 Å². The molecule has 0 radical (unpaired) electrons. The second-order valence-electron chi connectivity index (χ2n) is 9.04. The summed E-state index contributed by atoms with van der Waals surface area (Å²) in [6.45, 7) is 6.88. The summed E-state index contributed by atoms with van der Waals surface area (Å²) < 4.78 is 7.34. The fourth-order valence-electron chi connectivity index (χ4n) is 4.76. The Morgan fingerprint density at radius 2 is 1.91 bits per heavy atom. The molecule has 1 aliphatic carbocycles. The molecule has 1 saturated carbocycles. The van der Waals surface area contributed by atoms with Crippen LogP contribution in [0.25, 0.3) is 11.3 Å². The van der Waals surface area contributed by atoms with E-state index in [4.69, 9.17) is 4.52 Å². The predicted molar refractivity (Wildman–Crippen MR) is 119 cm³/mol. The first-order chi connectivity index (χ1) is 15.5. The number of nitrogens with zero attached hydrogens (tertiary/aromatic N) is 4. The van der Waals surface area contributed by atoms with Crippen molar-refractivity contribution in [2.45, 2.75) is 32.6 Å². The van der Waals surface area contributed by atoms with Crippen molar-refractivity contribution < 1.29 is 14.7 Å². The Hall–Kier alpha value is -2.92. The monoisotopic (exact) mass is 432 g/mol. The third-order valence-electron chi connectivity index (χ3n) is 6.36. The van der Waals surface area contributed by atoms with Crippen molar-refractivity contribution in [1.82, 2.24) is 19.6 Å². The van der Waals surface area contributed by atoms with E-state index in [1.54, 1.807) is 13.1 Å².